The van der Waals surface area contributed by atoms with Gasteiger partial charge >= 0.3 is 0 Å². The van der Waals surface area contributed by atoms with Gasteiger partial charge in [0.2, 0.25) is 5.95 Å². The van der Waals surface area contributed by atoms with Gasteiger partial charge in [-0.25, -0.2) is 19.7 Å². The molecule has 3 rings (SSSR count). The summed E-state index contributed by atoms with van der Waals surface area (Å²) in [5.74, 6) is 0.981. The van der Waals surface area contributed by atoms with Crippen LogP contribution in [-0.4, -0.2) is 27.9 Å². The second-order valence-corrected chi connectivity index (χ2v) is 8.27. The first-order valence-electron chi connectivity index (χ1n) is 8.30. The molecule has 2 aromatic heterocycles. The van der Waals surface area contributed by atoms with E-state index in [1.807, 2.05) is 13.0 Å². The Kier molecular flexibility index (Phi) is 4.58. The number of nitrogens with zero attached hydrogens (tertiary/aromatic N) is 4. The quantitative estimate of drug-likeness (QED) is 0.830. The van der Waals surface area contributed by atoms with E-state index < -0.39 is 10.0 Å². The summed E-state index contributed by atoms with van der Waals surface area (Å²) in [5.41, 5.74) is 1.76. The summed E-state index contributed by atoms with van der Waals surface area (Å²) in [5, 5.41) is -0.0124. The van der Waals surface area contributed by atoms with Gasteiger partial charge in [0.1, 0.15) is 0 Å². The number of nitrogens with one attached hydrogen (secondary N) is 1. The SMILES string of the molecule is CCc1cc(C2CC2)nc(NS(=O)(=O)c2cn(CC(C)C)cn2)n1. The molecule has 0 radical (unpaired) electrons. The van der Waals surface area contributed by atoms with E-state index in [-0.39, 0.29) is 11.0 Å². The van der Waals surface area contributed by atoms with Crippen molar-refractivity contribution in [3.63, 3.8) is 0 Å². The molecular weight excluding hydrogens is 326 g/mol. The minimum Gasteiger partial charge on any atom is -0.336 e. The lowest BCUT2D eigenvalue weighted by Crippen LogP contribution is -2.16. The highest BCUT2D eigenvalue weighted by Crippen LogP contribution is 2.39. The van der Waals surface area contributed by atoms with Crippen molar-refractivity contribution in [2.24, 2.45) is 5.92 Å². The first kappa shape index (κ1) is 16.9. The van der Waals surface area contributed by atoms with E-state index in [9.17, 15) is 8.42 Å². The van der Waals surface area contributed by atoms with E-state index in [2.05, 4.69) is 33.5 Å². The van der Waals surface area contributed by atoms with Crippen molar-refractivity contribution in [2.75, 3.05) is 4.72 Å². The highest BCUT2D eigenvalue weighted by molar-refractivity contribution is 7.92. The van der Waals surface area contributed by atoms with Gasteiger partial charge in [-0.1, -0.05) is 20.8 Å². The average Bonchev–Trinajstić information content (AvgIpc) is 3.25. The van der Waals surface area contributed by atoms with Gasteiger partial charge in [-0.3, -0.25) is 0 Å². The number of imidazole rings is 1. The van der Waals surface area contributed by atoms with Gasteiger partial charge in [-0.05, 0) is 31.2 Å². The van der Waals surface area contributed by atoms with E-state index in [0.29, 0.717) is 11.8 Å². The predicted molar refractivity (Wildman–Crippen MR) is 91.3 cm³/mol. The molecule has 0 atom stereocenters. The van der Waals surface area contributed by atoms with Crippen LogP contribution in [0.5, 0.6) is 0 Å². The van der Waals surface area contributed by atoms with Crippen LogP contribution in [0.25, 0.3) is 0 Å². The summed E-state index contributed by atoms with van der Waals surface area (Å²) >= 11 is 0. The molecule has 1 aliphatic rings. The molecule has 0 spiro atoms. The van der Waals surface area contributed by atoms with Crippen LogP contribution in [0, 0.1) is 5.92 Å². The van der Waals surface area contributed by atoms with Gasteiger partial charge in [-0.15, -0.1) is 0 Å². The van der Waals surface area contributed by atoms with Gasteiger partial charge in [0.05, 0.1) is 6.33 Å². The summed E-state index contributed by atoms with van der Waals surface area (Å²) in [6.45, 7) is 6.84. The van der Waals surface area contributed by atoms with Crippen molar-refractivity contribution in [3.05, 3.63) is 30.0 Å². The van der Waals surface area contributed by atoms with E-state index in [4.69, 9.17) is 0 Å². The minimum absolute atomic E-state index is 0.0124. The number of hydrogen-bond acceptors (Lipinski definition) is 5. The second-order valence-electron chi connectivity index (χ2n) is 6.64. The van der Waals surface area contributed by atoms with Gasteiger partial charge in [0.25, 0.3) is 10.0 Å². The molecule has 2 aromatic rings. The molecule has 1 saturated carbocycles. The van der Waals surface area contributed by atoms with Crippen LogP contribution in [0.2, 0.25) is 0 Å². The zero-order valence-corrected chi connectivity index (χ0v) is 15.0. The monoisotopic (exact) mass is 349 g/mol. The fraction of sp³-hybridized carbons (Fsp3) is 0.562. The van der Waals surface area contributed by atoms with Crippen LogP contribution < -0.4 is 4.72 Å². The maximum atomic E-state index is 12.5. The third-order valence-electron chi connectivity index (χ3n) is 3.84. The third-order valence-corrected chi connectivity index (χ3v) is 5.06. The Morgan fingerprint density at radius 3 is 2.71 bits per heavy atom. The molecular formula is C16H23N5O2S. The van der Waals surface area contributed by atoms with Crippen molar-refractivity contribution in [2.45, 2.75) is 57.5 Å². The largest absolute Gasteiger partial charge is 0.336 e. The number of hydrogen-bond donors (Lipinski definition) is 1. The molecule has 2 heterocycles. The molecule has 0 saturated heterocycles. The standard InChI is InChI=1S/C16H23N5O2S/c1-4-13-7-14(12-5-6-12)19-16(18-13)20-24(22,23)15-9-21(10-17-15)8-11(2)3/h7,9-12H,4-6,8H2,1-3H3,(H,18,19,20). The van der Waals surface area contributed by atoms with Crippen LogP contribution in [0.3, 0.4) is 0 Å². The van der Waals surface area contributed by atoms with Crippen molar-refractivity contribution < 1.29 is 8.42 Å². The Morgan fingerprint density at radius 1 is 1.33 bits per heavy atom. The first-order valence-corrected chi connectivity index (χ1v) is 9.78. The fourth-order valence-electron chi connectivity index (χ4n) is 2.51. The molecule has 0 aliphatic heterocycles. The lowest BCUT2D eigenvalue weighted by molar-refractivity contribution is 0.522. The van der Waals surface area contributed by atoms with Gasteiger partial charge < -0.3 is 4.57 Å². The maximum Gasteiger partial charge on any atom is 0.283 e. The lowest BCUT2D eigenvalue weighted by atomic mass is 10.2. The van der Waals surface area contributed by atoms with Gasteiger partial charge in [-0.2, -0.15) is 8.42 Å². The van der Waals surface area contributed by atoms with E-state index in [1.165, 1.54) is 12.5 Å². The molecule has 0 amide bonds. The molecule has 0 unspecified atom stereocenters. The summed E-state index contributed by atoms with van der Waals surface area (Å²) < 4.78 is 29.3. The number of aryl methyl sites for hydroxylation is 1. The zero-order valence-electron chi connectivity index (χ0n) is 14.2. The molecule has 8 heteroatoms. The van der Waals surface area contributed by atoms with Crippen LogP contribution >= 0.6 is 0 Å². The first-order chi connectivity index (χ1) is 11.4. The highest BCUT2D eigenvalue weighted by atomic mass is 32.2. The predicted octanol–water partition coefficient (Wildman–Crippen LogP) is 2.57. The molecule has 1 N–H and O–H groups in total. The highest BCUT2D eigenvalue weighted by Gasteiger charge is 2.27. The Balaban J connectivity index is 1.83. The van der Waals surface area contributed by atoms with Crippen LogP contribution in [0.15, 0.2) is 23.6 Å². The van der Waals surface area contributed by atoms with Crippen molar-refractivity contribution in [1.29, 1.82) is 0 Å². The minimum atomic E-state index is -3.78. The number of sulfonamides is 1. The summed E-state index contributed by atoms with van der Waals surface area (Å²) in [6, 6.07) is 1.97. The van der Waals surface area contributed by atoms with E-state index in [1.54, 1.807) is 4.57 Å². The number of rotatable bonds is 7. The molecule has 24 heavy (non-hydrogen) atoms. The zero-order chi connectivity index (χ0) is 17.3. The smallest absolute Gasteiger partial charge is 0.283 e. The van der Waals surface area contributed by atoms with E-state index >= 15 is 0 Å². The number of anilines is 1. The normalized spacial score (nSPS) is 15.0. The lowest BCUT2D eigenvalue weighted by Gasteiger charge is -2.08. The molecule has 7 nitrogen and oxygen atoms in total. The Hall–Kier alpha value is -1.96. The number of aromatic nitrogens is 4. The molecule has 1 fully saturated rings. The van der Waals surface area contributed by atoms with Crippen molar-refractivity contribution in [3.8, 4) is 0 Å². The molecule has 130 valence electrons. The Bertz CT molecular complexity index is 825. The van der Waals surface area contributed by atoms with E-state index in [0.717, 1.165) is 37.2 Å². The van der Waals surface area contributed by atoms with Crippen molar-refractivity contribution >= 4 is 16.0 Å². The average molecular weight is 349 g/mol. The topological polar surface area (TPSA) is 89.8 Å². The summed E-state index contributed by atoms with van der Waals surface area (Å²) in [4.78, 5) is 12.7. The Labute approximate surface area is 142 Å². The maximum absolute atomic E-state index is 12.5. The second kappa shape index (κ2) is 6.51. The molecule has 0 bridgehead atoms. The van der Waals surface area contributed by atoms with Crippen molar-refractivity contribution in [1.82, 2.24) is 19.5 Å². The summed E-state index contributed by atoms with van der Waals surface area (Å²) in [7, 11) is -3.78. The Morgan fingerprint density at radius 2 is 2.08 bits per heavy atom. The van der Waals surface area contributed by atoms with Crippen LogP contribution in [0.1, 0.15) is 50.9 Å². The molecule has 0 aromatic carbocycles. The van der Waals surface area contributed by atoms with Crippen LogP contribution in [0.4, 0.5) is 5.95 Å². The third kappa shape index (κ3) is 3.92. The molecule has 1 aliphatic carbocycles. The van der Waals surface area contributed by atoms with Crippen LogP contribution in [-0.2, 0) is 23.0 Å². The fourth-order valence-corrected chi connectivity index (χ4v) is 3.40. The summed E-state index contributed by atoms with van der Waals surface area (Å²) in [6.07, 6.45) is 6.01. The van der Waals surface area contributed by atoms with Gasteiger partial charge in [0.15, 0.2) is 5.03 Å². The van der Waals surface area contributed by atoms with Gasteiger partial charge in [0, 0.05) is 30.0 Å².